The third kappa shape index (κ3) is 6.07. The molecular weight excluding hydrogens is 393 g/mol. The monoisotopic (exact) mass is 425 g/mol. The Kier molecular flexibility index (Phi) is 6.91. The summed E-state index contributed by atoms with van der Waals surface area (Å²) in [6.45, 7) is 2.99. The summed E-state index contributed by atoms with van der Waals surface area (Å²) in [5, 5.41) is 8.97. The van der Waals surface area contributed by atoms with E-state index in [1.165, 1.54) is 30.5 Å². The predicted molar refractivity (Wildman–Crippen MR) is 119 cm³/mol. The third-order valence-electron chi connectivity index (χ3n) is 7.10. The van der Waals surface area contributed by atoms with E-state index >= 15 is 0 Å². The van der Waals surface area contributed by atoms with Gasteiger partial charge in [0, 0.05) is 18.0 Å². The molecule has 2 fully saturated rings. The van der Waals surface area contributed by atoms with Crippen LogP contribution in [0, 0.1) is 17.2 Å². The number of hydrogen-bond donors (Lipinski definition) is 1. The highest BCUT2D eigenvalue weighted by molar-refractivity contribution is 5.66. The van der Waals surface area contributed by atoms with E-state index in [-0.39, 0.29) is 17.7 Å². The van der Waals surface area contributed by atoms with E-state index in [1.54, 1.807) is 6.07 Å². The quantitative estimate of drug-likeness (QED) is 0.558. The van der Waals surface area contributed by atoms with Gasteiger partial charge < -0.3 is 14.7 Å². The molecule has 2 aromatic carbocycles. The smallest absolute Gasteiger partial charge is 0.304 e. The van der Waals surface area contributed by atoms with Crippen molar-refractivity contribution in [2.24, 2.45) is 11.3 Å². The highest BCUT2D eigenvalue weighted by Crippen LogP contribution is 2.52. The van der Waals surface area contributed by atoms with E-state index in [1.807, 2.05) is 6.07 Å². The summed E-state index contributed by atoms with van der Waals surface area (Å²) in [4.78, 5) is 13.2. The van der Waals surface area contributed by atoms with E-state index in [2.05, 4.69) is 35.2 Å². The zero-order valence-corrected chi connectivity index (χ0v) is 18.0. The van der Waals surface area contributed by atoms with Crippen molar-refractivity contribution in [1.82, 2.24) is 4.90 Å². The van der Waals surface area contributed by atoms with Crippen molar-refractivity contribution in [2.45, 2.75) is 44.4 Å². The molecule has 31 heavy (non-hydrogen) atoms. The van der Waals surface area contributed by atoms with Gasteiger partial charge in [0.25, 0.3) is 0 Å². The average Bonchev–Trinajstić information content (AvgIpc) is 3.57. The van der Waals surface area contributed by atoms with E-state index in [9.17, 15) is 9.18 Å². The van der Waals surface area contributed by atoms with Crippen molar-refractivity contribution in [3.63, 3.8) is 0 Å². The summed E-state index contributed by atoms with van der Waals surface area (Å²) in [6, 6.07) is 17.1. The molecule has 1 saturated heterocycles. The Morgan fingerprint density at radius 2 is 1.90 bits per heavy atom. The van der Waals surface area contributed by atoms with Gasteiger partial charge in [-0.15, -0.1) is 0 Å². The number of ether oxygens (including phenoxy) is 1. The molecule has 2 atom stereocenters. The van der Waals surface area contributed by atoms with Crippen LogP contribution >= 0.6 is 0 Å². The van der Waals surface area contributed by atoms with E-state index in [0.29, 0.717) is 24.8 Å². The van der Waals surface area contributed by atoms with Crippen LogP contribution in [0.3, 0.4) is 0 Å². The maximum Gasteiger partial charge on any atom is 0.304 e. The summed E-state index contributed by atoms with van der Waals surface area (Å²) in [6.07, 6.45) is 5.71. The number of benzene rings is 2. The molecule has 4 rings (SSSR count). The van der Waals surface area contributed by atoms with Crippen molar-refractivity contribution in [3.05, 3.63) is 66.0 Å². The Balaban J connectivity index is 1.35. The molecule has 0 bridgehead atoms. The molecule has 0 radical (unpaired) electrons. The van der Waals surface area contributed by atoms with Gasteiger partial charge in [0.15, 0.2) is 0 Å². The minimum Gasteiger partial charge on any atom is -0.493 e. The normalized spacial score (nSPS) is 22.7. The topological polar surface area (TPSA) is 49.8 Å². The van der Waals surface area contributed by atoms with Gasteiger partial charge in [-0.3, -0.25) is 4.79 Å². The molecule has 4 nitrogen and oxygen atoms in total. The first kappa shape index (κ1) is 21.8. The fourth-order valence-electron chi connectivity index (χ4n) is 4.93. The first-order valence-corrected chi connectivity index (χ1v) is 11.4. The van der Waals surface area contributed by atoms with Gasteiger partial charge in [0.05, 0.1) is 13.0 Å². The van der Waals surface area contributed by atoms with Gasteiger partial charge in [-0.05, 0) is 74.7 Å². The van der Waals surface area contributed by atoms with Crippen LogP contribution in [0.4, 0.5) is 4.39 Å². The second kappa shape index (κ2) is 9.82. The van der Waals surface area contributed by atoms with E-state index in [0.717, 1.165) is 38.3 Å². The van der Waals surface area contributed by atoms with Gasteiger partial charge >= 0.3 is 5.97 Å². The van der Waals surface area contributed by atoms with Crippen LogP contribution in [-0.4, -0.2) is 42.2 Å². The lowest BCUT2D eigenvalue weighted by Crippen LogP contribution is -2.43. The number of hydrogen-bond acceptors (Lipinski definition) is 3. The number of carboxylic acids is 1. The van der Waals surface area contributed by atoms with Gasteiger partial charge in [0.2, 0.25) is 0 Å². The van der Waals surface area contributed by atoms with Crippen molar-refractivity contribution in [3.8, 4) is 5.75 Å². The summed E-state index contributed by atoms with van der Waals surface area (Å²) in [5.41, 5.74) is 1.51. The minimum absolute atomic E-state index is 0.0653. The molecule has 1 unspecified atom stereocenters. The maximum atomic E-state index is 13.6. The highest BCUT2D eigenvalue weighted by Gasteiger charge is 2.41. The first-order valence-electron chi connectivity index (χ1n) is 11.4. The second-order valence-electron chi connectivity index (χ2n) is 9.28. The largest absolute Gasteiger partial charge is 0.493 e. The molecule has 1 N–H and O–H groups in total. The molecule has 0 aromatic heterocycles. The number of carbonyl (C=O) groups is 1. The SMILES string of the molecule is O=C(O)CCN1CCC(CC[C@@H]2CC2c2ccccc2)(COc2cccc(F)c2)CC1. The molecule has 1 aliphatic heterocycles. The number of rotatable bonds is 10. The number of carboxylic acid groups (broad SMARTS) is 1. The van der Waals surface area contributed by atoms with Gasteiger partial charge in [-0.25, -0.2) is 4.39 Å². The molecule has 0 amide bonds. The summed E-state index contributed by atoms with van der Waals surface area (Å²) < 4.78 is 19.6. The molecule has 2 aromatic rings. The van der Waals surface area contributed by atoms with Gasteiger partial charge in [-0.2, -0.15) is 0 Å². The molecule has 1 heterocycles. The number of likely N-dealkylation sites (tertiary alicyclic amines) is 1. The Bertz CT molecular complexity index is 864. The van der Waals surface area contributed by atoms with Crippen LogP contribution in [-0.2, 0) is 4.79 Å². The van der Waals surface area contributed by atoms with Crippen molar-refractivity contribution in [2.75, 3.05) is 26.2 Å². The van der Waals surface area contributed by atoms with Crippen LogP contribution < -0.4 is 4.74 Å². The summed E-state index contributed by atoms with van der Waals surface area (Å²) in [7, 11) is 0. The summed E-state index contributed by atoms with van der Waals surface area (Å²) >= 11 is 0. The average molecular weight is 426 g/mol. The Morgan fingerprint density at radius 3 is 2.61 bits per heavy atom. The van der Waals surface area contributed by atoms with Crippen LogP contribution in [0.25, 0.3) is 0 Å². The Hall–Kier alpha value is -2.40. The standard InChI is InChI=1S/C26H32FNO3/c27-22-7-4-8-23(18-22)31-19-26(12-15-28(16-13-26)14-10-25(29)30)11-9-21-17-24(21)20-5-2-1-3-6-20/h1-8,18,21,24H,9-17,19H2,(H,29,30)/t21-,24?/m1/s1. The van der Waals surface area contributed by atoms with Crippen LogP contribution in [0.1, 0.15) is 50.0 Å². The molecule has 1 saturated carbocycles. The van der Waals surface area contributed by atoms with Crippen LogP contribution in [0.15, 0.2) is 54.6 Å². The lowest BCUT2D eigenvalue weighted by atomic mass is 9.74. The zero-order chi connectivity index (χ0) is 21.7. The fourth-order valence-corrected chi connectivity index (χ4v) is 4.93. The zero-order valence-electron chi connectivity index (χ0n) is 18.0. The molecule has 2 aliphatic rings. The van der Waals surface area contributed by atoms with Crippen LogP contribution in [0.5, 0.6) is 5.75 Å². The highest BCUT2D eigenvalue weighted by atomic mass is 19.1. The molecule has 0 spiro atoms. The predicted octanol–water partition coefficient (Wildman–Crippen LogP) is 5.35. The number of piperidine rings is 1. The molecular formula is C26H32FNO3. The lowest BCUT2D eigenvalue weighted by molar-refractivity contribution is -0.137. The van der Waals surface area contributed by atoms with Gasteiger partial charge in [-0.1, -0.05) is 36.4 Å². The van der Waals surface area contributed by atoms with Crippen molar-refractivity contribution in [1.29, 1.82) is 0 Å². The van der Waals surface area contributed by atoms with E-state index in [4.69, 9.17) is 9.84 Å². The number of nitrogens with zero attached hydrogens (tertiary/aromatic N) is 1. The van der Waals surface area contributed by atoms with Crippen molar-refractivity contribution < 1.29 is 19.0 Å². The molecule has 166 valence electrons. The summed E-state index contributed by atoms with van der Waals surface area (Å²) in [5.74, 6) is 0.975. The fraction of sp³-hybridized carbons (Fsp3) is 0.500. The van der Waals surface area contributed by atoms with Crippen molar-refractivity contribution >= 4 is 5.97 Å². The number of aliphatic carboxylic acids is 1. The second-order valence-corrected chi connectivity index (χ2v) is 9.28. The Morgan fingerprint density at radius 1 is 1.13 bits per heavy atom. The lowest BCUT2D eigenvalue weighted by Gasteiger charge is -2.42. The first-order chi connectivity index (χ1) is 15.0. The molecule has 1 aliphatic carbocycles. The van der Waals surface area contributed by atoms with Crippen LogP contribution in [0.2, 0.25) is 0 Å². The van der Waals surface area contributed by atoms with E-state index < -0.39 is 5.97 Å². The molecule has 5 heteroatoms. The minimum atomic E-state index is -0.744. The third-order valence-corrected chi connectivity index (χ3v) is 7.10. The Labute approximate surface area is 184 Å². The van der Waals surface area contributed by atoms with Gasteiger partial charge in [0.1, 0.15) is 11.6 Å². The maximum absolute atomic E-state index is 13.6. The number of halogens is 1.